The Balaban J connectivity index is 1.52. The molecule has 4 rings (SSSR count). The number of hydrogen-bond acceptors (Lipinski definition) is 3. The molecule has 0 unspecified atom stereocenters. The van der Waals surface area contributed by atoms with E-state index in [-0.39, 0.29) is 17.7 Å². The van der Waals surface area contributed by atoms with E-state index in [1.165, 1.54) is 4.90 Å². The van der Waals surface area contributed by atoms with Crippen molar-refractivity contribution in [1.29, 1.82) is 0 Å². The predicted molar refractivity (Wildman–Crippen MR) is 120 cm³/mol. The van der Waals surface area contributed by atoms with E-state index in [0.29, 0.717) is 15.0 Å². The lowest BCUT2D eigenvalue weighted by atomic mass is 10.0. The predicted octanol–water partition coefficient (Wildman–Crippen LogP) is 6.90. The van der Waals surface area contributed by atoms with Crippen LogP contribution in [-0.4, -0.2) is 16.0 Å². The molecule has 0 N–H and O–H groups in total. The van der Waals surface area contributed by atoms with Gasteiger partial charge in [0.15, 0.2) is 0 Å². The zero-order valence-corrected chi connectivity index (χ0v) is 17.5. The Labute approximate surface area is 182 Å². The van der Waals surface area contributed by atoms with E-state index >= 15 is 0 Å². The van der Waals surface area contributed by atoms with E-state index in [9.17, 15) is 9.59 Å². The molecule has 1 aliphatic heterocycles. The van der Waals surface area contributed by atoms with E-state index in [1.54, 1.807) is 24.3 Å². The van der Waals surface area contributed by atoms with E-state index in [0.717, 1.165) is 34.0 Å². The highest BCUT2D eigenvalue weighted by Crippen LogP contribution is 2.34. The summed E-state index contributed by atoms with van der Waals surface area (Å²) < 4.78 is 0. The zero-order valence-electron chi connectivity index (χ0n) is 15.1. The fourth-order valence-electron chi connectivity index (χ4n) is 3.01. The summed E-state index contributed by atoms with van der Waals surface area (Å²) >= 11 is 12.9. The molecular weight excluding hydrogens is 425 g/mol. The van der Waals surface area contributed by atoms with Gasteiger partial charge in [0.25, 0.3) is 11.1 Å². The van der Waals surface area contributed by atoms with Crippen LogP contribution in [0.3, 0.4) is 0 Å². The first-order chi connectivity index (χ1) is 14.0. The summed E-state index contributed by atoms with van der Waals surface area (Å²) in [6.07, 6.45) is 1.74. The highest BCUT2D eigenvalue weighted by Gasteiger charge is 2.35. The zero-order chi connectivity index (χ0) is 20.4. The second-order valence-electron chi connectivity index (χ2n) is 6.50. The molecule has 1 fully saturated rings. The largest absolute Gasteiger partial charge is 0.293 e. The fourth-order valence-corrected chi connectivity index (χ4v) is 4.17. The molecule has 1 heterocycles. The van der Waals surface area contributed by atoms with E-state index in [1.807, 2.05) is 54.6 Å². The van der Waals surface area contributed by atoms with E-state index in [2.05, 4.69) is 0 Å². The van der Waals surface area contributed by atoms with Crippen LogP contribution in [0.4, 0.5) is 4.79 Å². The lowest BCUT2D eigenvalue weighted by molar-refractivity contribution is -0.123. The molecule has 2 amide bonds. The lowest BCUT2D eigenvalue weighted by Crippen LogP contribution is -2.27. The highest BCUT2D eigenvalue weighted by atomic mass is 35.5. The normalized spacial score (nSPS) is 15.4. The highest BCUT2D eigenvalue weighted by molar-refractivity contribution is 8.18. The molecule has 0 bridgehead atoms. The minimum Gasteiger partial charge on any atom is -0.268 e. The Morgan fingerprint density at radius 2 is 1.52 bits per heavy atom. The van der Waals surface area contributed by atoms with Crippen LogP contribution in [0.1, 0.15) is 11.1 Å². The summed E-state index contributed by atoms with van der Waals surface area (Å²) in [5, 5.41) is 0.529. The number of amides is 2. The van der Waals surface area contributed by atoms with E-state index in [4.69, 9.17) is 23.2 Å². The number of imide groups is 1. The van der Waals surface area contributed by atoms with Gasteiger partial charge in [-0.25, -0.2) is 0 Å². The molecule has 144 valence electrons. The maximum absolute atomic E-state index is 12.7. The second kappa shape index (κ2) is 8.46. The van der Waals surface area contributed by atoms with Gasteiger partial charge in [-0.15, -0.1) is 0 Å². The molecule has 0 aromatic heterocycles. The number of nitrogens with zero attached hydrogens (tertiary/aromatic N) is 1. The molecule has 3 nitrogen and oxygen atoms in total. The van der Waals surface area contributed by atoms with Crippen molar-refractivity contribution in [3.05, 3.63) is 98.9 Å². The molecule has 6 heteroatoms. The molecule has 0 spiro atoms. The second-order valence-corrected chi connectivity index (χ2v) is 8.31. The number of rotatable bonds is 4. The third-order valence-electron chi connectivity index (χ3n) is 4.51. The van der Waals surface area contributed by atoms with Crippen molar-refractivity contribution in [2.45, 2.75) is 6.54 Å². The summed E-state index contributed by atoms with van der Waals surface area (Å²) in [5.74, 6) is -0.307. The molecule has 3 aromatic carbocycles. The standard InChI is InChI=1S/C23H15Cl2NO2S/c24-19-11-8-16(12-20(19)25)14-26-22(27)21(29-23(26)28)13-15-6-9-18(10-7-15)17-4-2-1-3-5-17/h1-13H,14H2/b21-13-. The van der Waals surface area contributed by atoms with Crippen LogP contribution in [-0.2, 0) is 11.3 Å². The lowest BCUT2D eigenvalue weighted by Gasteiger charge is -2.12. The van der Waals surface area contributed by atoms with Crippen molar-refractivity contribution in [3.8, 4) is 11.1 Å². The maximum atomic E-state index is 12.7. The fraction of sp³-hybridized carbons (Fsp3) is 0.0435. The van der Waals surface area contributed by atoms with Gasteiger partial charge in [-0.05, 0) is 52.2 Å². The van der Waals surface area contributed by atoms with Crippen molar-refractivity contribution in [2.24, 2.45) is 0 Å². The molecular formula is C23H15Cl2NO2S. The van der Waals surface area contributed by atoms with Crippen LogP contribution in [0.25, 0.3) is 17.2 Å². The number of benzene rings is 3. The van der Waals surface area contributed by atoms with Crippen LogP contribution in [0.2, 0.25) is 10.0 Å². The van der Waals surface area contributed by atoms with Crippen molar-refractivity contribution in [2.75, 3.05) is 0 Å². The molecule has 0 saturated carbocycles. The van der Waals surface area contributed by atoms with Crippen molar-refractivity contribution < 1.29 is 9.59 Å². The molecule has 1 saturated heterocycles. The molecule has 0 aliphatic carbocycles. The SMILES string of the molecule is O=C1S/C(=C\c2ccc(-c3ccccc3)cc2)C(=O)N1Cc1ccc(Cl)c(Cl)c1. The Bertz CT molecular complexity index is 1110. The Morgan fingerprint density at radius 3 is 2.21 bits per heavy atom. The van der Waals surface area contributed by atoms with Gasteiger partial charge in [0, 0.05) is 0 Å². The minimum atomic E-state index is -0.307. The molecule has 0 radical (unpaired) electrons. The van der Waals surface area contributed by atoms with Gasteiger partial charge in [-0.2, -0.15) is 0 Å². The molecule has 29 heavy (non-hydrogen) atoms. The average Bonchev–Trinajstić information content (AvgIpc) is 2.99. The summed E-state index contributed by atoms with van der Waals surface area (Å²) in [5.41, 5.74) is 3.83. The van der Waals surface area contributed by atoms with Gasteiger partial charge in [0.1, 0.15) is 0 Å². The summed E-state index contributed by atoms with van der Waals surface area (Å²) in [7, 11) is 0. The molecule has 0 atom stereocenters. The van der Waals surface area contributed by atoms with Crippen LogP contribution >= 0.6 is 35.0 Å². The molecule has 1 aliphatic rings. The first-order valence-corrected chi connectivity index (χ1v) is 10.4. The third-order valence-corrected chi connectivity index (χ3v) is 6.16. The maximum Gasteiger partial charge on any atom is 0.293 e. The van der Waals surface area contributed by atoms with Gasteiger partial charge in [-0.1, -0.05) is 83.9 Å². The van der Waals surface area contributed by atoms with Gasteiger partial charge in [0.05, 0.1) is 21.5 Å². The summed E-state index contributed by atoms with van der Waals surface area (Å²) in [6.45, 7) is 0.159. The third kappa shape index (κ3) is 4.40. The van der Waals surface area contributed by atoms with Crippen LogP contribution in [0, 0.1) is 0 Å². The van der Waals surface area contributed by atoms with Gasteiger partial charge in [0.2, 0.25) is 0 Å². The van der Waals surface area contributed by atoms with Crippen molar-refractivity contribution >= 4 is 52.2 Å². The number of hydrogen-bond donors (Lipinski definition) is 0. The van der Waals surface area contributed by atoms with Gasteiger partial charge >= 0.3 is 0 Å². The Hall–Kier alpha value is -2.53. The minimum absolute atomic E-state index is 0.159. The Kier molecular flexibility index (Phi) is 5.76. The number of halogens is 2. The first kappa shape index (κ1) is 19.8. The quantitative estimate of drug-likeness (QED) is 0.414. The monoisotopic (exact) mass is 439 g/mol. The smallest absolute Gasteiger partial charge is 0.268 e. The van der Waals surface area contributed by atoms with Crippen LogP contribution < -0.4 is 0 Å². The number of carbonyl (C=O) groups is 2. The van der Waals surface area contributed by atoms with Crippen LogP contribution in [0.5, 0.6) is 0 Å². The summed E-state index contributed by atoms with van der Waals surface area (Å²) in [4.78, 5) is 26.7. The number of carbonyl (C=O) groups excluding carboxylic acids is 2. The van der Waals surface area contributed by atoms with Gasteiger partial charge < -0.3 is 0 Å². The topological polar surface area (TPSA) is 37.4 Å². The molecule has 3 aromatic rings. The van der Waals surface area contributed by atoms with Gasteiger partial charge in [-0.3, -0.25) is 14.5 Å². The average molecular weight is 440 g/mol. The Morgan fingerprint density at radius 1 is 0.828 bits per heavy atom. The van der Waals surface area contributed by atoms with Crippen LogP contribution in [0.15, 0.2) is 77.7 Å². The number of thioether (sulfide) groups is 1. The first-order valence-electron chi connectivity index (χ1n) is 8.86. The van der Waals surface area contributed by atoms with E-state index < -0.39 is 0 Å². The summed E-state index contributed by atoms with van der Waals surface area (Å²) in [6, 6.07) is 23.0. The van der Waals surface area contributed by atoms with Crippen molar-refractivity contribution in [1.82, 2.24) is 4.90 Å². The van der Waals surface area contributed by atoms with Crippen molar-refractivity contribution in [3.63, 3.8) is 0 Å².